The number of benzene rings is 2. The molecule has 6 heteroatoms. The molecule has 0 radical (unpaired) electrons. The van der Waals surface area contributed by atoms with Crippen molar-refractivity contribution in [2.24, 2.45) is 0 Å². The second kappa shape index (κ2) is 4.79. The molecule has 0 amide bonds. The average Bonchev–Trinajstić information content (AvgIpc) is 2.29. The largest absolute Gasteiger partial charge is 0.573 e. The Kier molecular flexibility index (Phi) is 3.33. The minimum absolute atomic E-state index is 0.0685. The predicted molar refractivity (Wildman–Crippen MR) is 60.2 cm³/mol. The van der Waals surface area contributed by atoms with Crippen molar-refractivity contribution in [3.63, 3.8) is 0 Å². The third-order valence-electron chi connectivity index (χ3n) is 2.37. The Morgan fingerprint density at radius 3 is 2.11 bits per heavy atom. The molecular formula is C13H8F4O2. The Hall–Kier alpha value is -2.24. The smallest absolute Gasteiger partial charge is 0.507 e. The molecule has 1 N–H and O–H groups in total. The fourth-order valence-corrected chi connectivity index (χ4v) is 1.62. The number of hydrogen-bond donors (Lipinski definition) is 1. The molecule has 100 valence electrons. The summed E-state index contributed by atoms with van der Waals surface area (Å²) in [5.74, 6) is -1.36. The van der Waals surface area contributed by atoms with Gasteiger partial charge in [-0.15, -0.1) is 13.2 Å². The van der Waals surface area contributed by atoms with Gasteiger partial charge in [0.25, 0.3) is 0 Å². The van der Waals surface area contributed by atoms with Gasteiger partial charge in [-0.25, -0.2) is 4.39 Å². The van der Waals surface area contributed by atoms with Gasteiger partial charge in [0.1, 0.15) is 17.3 Å². The molecule has 0 spiro atoms. The normalized spacial score (nSPS) is 11.4. The van der Waals surface area contributed by atoms with Gasteiger partial charge in [-0.05, 0) is 29.8 Å². The van der Waals surface area contributed by atoms with E-state index < -0.39 is 17.9 Å². The van der Waals surface area contributed by atoms with Crippen LogP contribution in [0.3, 0.4) is 0 Å². The lowest BCUT2D eigenvalue weighted by atomic mass is 10.0. The molecule has 0 fully saturated rings. The van der Waals surface area contributed by atoms with E-state index in [4.69, 9.17) is 0 Å². The first-order chi connectivity index (χ1) is 8.87. The van der Waals surface area contributed by atoms with Gasteiger partial charge >= 0.3 is 6.36 Å². The van der Waals surface area contributed by atoms with Crippen molar-refractivity contribution in [2.45, 2.75) is 6.36 Å². The molecule has 0 aliphatic heterocycles. The number of hydrogen-bond acceptors (Lipinski definition) is 2. The van der Waals surface area contributed by atoms with E-state index in [9.17, 15) is 22.7 Å². The molecule has 2 aromatic carbocycles. The Morgan fingerprint density at radius 1 is 0.947 bits per heavy atom. The maximum atomic E-state index is 13.5. The third kappa shape index (κ3) is 3.15. The summed E-state index contributed by atoms with van der Waals surface area (Å²) in [5.41, 5.74) is 0.186. The van der Waals surface area contributed by atoms with Crippen LogP contribution in [0.5, 0.6) is 11.5 Å². The molecule has 19 heavy (non-hydrogen) atoms. The first-order valence-electron chi connectivity index (χ1n) is 5.20. The van der Waals surface area contributed by atoms with E-state index in [0.717, 1.165) is 18.2 Å². The van der Waals surface area contributed by atoms with Gasteiger partial charge in [-0.2, -0.15) is 0 Å². The monoisotopic (exact) mass is 272 g/mol. The number of phenols is 1. The first-order valence-corrected chi connectivity index (χ1v) is 5.20. The number of phenolic OH excluding ortho intramolecular Hbond substituents is 1. The zero-order chi connectivity index (χ0) is 14.0. The second-order valence-electron chi connectivity index (χ2n) is 3.71. The van der Waals surface area contributed by atoms with Crippen LogP contribution in [0.25, 0.3) is 11.1 Å². The maximum Gasteiger partial charge on any atom is 0.573 e. The highest BCUT2D eigenvalue weighted by molar-refractivity contribution is 5.71. The fourth-order valence-electron chi connectivity index (χ4n) is 1.62. The molecule has 0 bridgehead atoms. The summed E-state index contributed by atoms with van der Waals surface area (Å²) in [5, 5.41) is 9.55. The van der Waals surface area contributed by atoms with E-state index in [2.05, 4.69) is 4.74 Å². The van der Waals surface area contributed by atoms with E-state index in [1.807, 2.05) is 0 Å². The Balaban J connectivity index is 2.33. The lowest BCUT2D eigenvalue weighted by Gasteiger charge is -2.10. The van der Waals surface area contributed by atoms with E-state index in [1.165, 1.54) is 24.3 Å². The lowest BCUT2D eigenvalue weighted by Crippen LogP contribution is -2.16. The molecule has 0 atom stereocenters. The zero-order valence-electron chi connectivity index (χ0n) is 9.41. The number of ether oxygens (including phenoxy) is 1. The van der Waals surface area contributed by atoms with Crippen molar-refractivity contribution >= 4 is 0 Å². The van der Waals surface area contributed by atoms with Crippen LogP contribution in [0, 0.1) is 5.82 Å². The molecule has 0 aliphatic rings. The molecule has 2 nitrogen and oxygen atoms in total. The van der Waals surface area contributed by atoms with Gasteiger partial charge in [0.15, 0.2) is 0 Å². The average molecular weight is 272 g/mol. The van der Waals surface area contributed by atoms with Crippen molar-refractivity contribution in [1.29, 1.82) is 0 Å². The number of aromatic hydroxyl groups is 1. The van der Waals surface area contributed by atoms with Crippen LogP contribution >= 0.6 is 0 Å². The van der Waals surface area contributed by atoms with E-state index >= 15 is 0 Å². The summed E-state index contributed by atoms with van der Waals surface area (Å²) in [6.45, 7) is 0. The summed E-state index contributed by atoms with van der Waals surface area (Å²) in [6.07, 6.45) is -4.78. The van der Waals surface area contributed by atoms with Gasteiger partial charge in [-0.3, -0.25) is 0 Å². The Labute approximate surface area is 105 Å². The van der Waals surface area contributed by atoms with E-state index in [0.29, 0.717) is 0 Å². The molecule has 0 heterocycles. The quantitative estimate of drug-likeness (QED) is 0.834. The van der Waals surface area contributed by atoms with Crippen LogP contribution in [0.1, 0.15) is 0 Å². The summed E-state index contributed by atoms with van der Waals surface area (Å²) in [6, 6.07) is 8.34. The van der Waals surface area contributed by atoms with Crippen LogP contribution in [0.15, 0.2) is 42.5 Å². The highest BCUT2D eigenvalue weighted by Gasteiger charge is 2.31. The topological polar surface area (TPSA) is 29.5 Å². The first kappa shape index (κ1) is 13.2. The molecule has 0 saturated carbocycles. The second-order valence-corrected chi connectivity index (χ2v) is 3.71. The molecule has 0 aromatic heterocycles. The predicted octanol–water partition coefficient (Wildman–Crippen LogP) is 4.10. The number of halogens is 4. The minimum atomic E-state index is -4.78. The number of alkyl halides is 3. The highest BCUT2D eigenvalue weighted by Crippen LogP contribution is 2.33. The maximum absolute atomic E-state index is 13.5. The van der Waals surface area contributed by atoms with Gasteiger partial charge in [0.05, 0.1) is 5.56 Å². The molecule has 2 rings (SSSR count). The molecular weight excluding hydrogens is 264 g/mol. The number of rotatable bonds is 2. The van der Waals surface area contributed by atoms with Gasteiger partial charge in [0, 0.05) is 0 Å². The van der Waals surface area contributed by atoms with Crippen LogP contribution in [-0.2, 0) is 0 Å². The van der Waals surface area contributed by atoms with Crippen molar-refractivity contribution in [3.8, 4) is 22.6 Å². The van der Waals surface area contributed by atoms with Crippen LogP contribution in [0.2, 0.25) is 0 Å². The summed E-state index contributed by atoms with van der Waals surface area (Å²) in [7, 11) is 0. The molecule has 0 unspecified atom stereocenters. The van der Waals surface area contributed by atoms with Crippen molar-refractivity contribution in [3.05, 3.63) is 48.3 Å². The zero-order valence-corrected chi connectivity index (χ0v) is 9.41. The van der Waals surface area contributed by atoms with Gasteiger partial charge < -0.3 is 9.84 Å². The van der Waals surface area contributed by atoms with Crippen molar-refractivity contribution in [2.75, 3.05) is 0 Å². The third-order valence-corrected chi connectivity index (χ3v) is 2.37. The van der Waals surface area contributed by atoms with Crippen molar-refractivity contribution < 1.29 is 27.4 Å². The Bertz CT molecular complexity index is 556. The molecule has 2 aromatic rings. The van der Waals surface area contributed by atoms with E-state index in [1.54, 1.807) is 0 Å². The fraction of sp³-hybridized carbons (Fsp3) is 0.0769. The van der Waals surface area contributed by atoms with Crippen LogP contribution in [-0.4, -0.2) is 11.5 Å². The summed E-state index contributed by atoms with van der Waals surface area (Å²) < 4.78 is 53.1. The summed E-state index contributed by atoms with van der Waals surface area (Å²) in [4.78, 5) is 0. The van der Waals surface area contributed by atoms with Gasteiger partial charge in [0.2, 0.25) is 0 Å². The minimum Gasteiger partial charge on any atom is -0.507 e. The highest BCUT2D eigenvalue weighted by atomic mass is 19.4. The van der Waals surface area contributed by atoms with E-state index in [-0.39, 0.29) is 16.9 Å². The summed E-state index contributed by atoms with van der Waals surface area (Å²) >= 11 is 0. The lowest BCUT2D eigenvalue weighted by molar-refractivity contribution is -0.274. The van der Waals surface area contributed by atoms with Crippen molar-refractivity contribution in [1.82, 2.24) is 0 Å². The molecule has 0 aliphatic carbocycles. The van der Waals surface area contributed by atoms with Gasteiger partial charge in [-0.1, -0.05) is 18.2 Å². The standard InChI is InChI=1S/C13H8F4O2/c14-10-2-1-3-11(18)12(10)8-4-6-9(7-5-8)19-13(15,16)17/h1-7,18H. The molecule has 0 saturated heterocycles. The SMILES string of the molecule is Oc1cccc(F)c1-c1ccc(OC(F)(F)F)cc1. The van der Waals surface area contributed by atoms with Crippen LogP contribution < -0.4 is 4.74 Å². The van der Waals surface area contributed by atoms with Crippen LogP contribution in [0.4, 0.5) is 17.6 Å². The Morgan fingerprint density at radius 2 is 1.58 bits per heavy atom.